The van der Waals surface area contributed by atoms with Gasteiger partial charge in [-0.25, -0.2) is 4.79 Å². The highest BCUT2D eigenvalue weighted by molar-refractivity contribution is 5.98. The van der Waals surface area contributed by atoms with E-state index in [-0.39, 0.29) is 53.3 Å². The lowest BCUT2D eigenvalue weighted by molar-refractivity contribution is -0.134. The number of carbonyl (C=O) groups is 4. The lowest BCUT2D eigenvalue weighted by atomic mass is 9.89. The Bertz CT molecular complexity index is 1660. The number of hydrogen-bond acceptors (Lipinski definition) is 6. The second kappa shape index (κ2) is 17.4. The van der Waals surface area contributed by atoms with Crippen LogP contribution in [0, 0.1) is 5.92 Å². The van der Waals surface area contributed by atoms with Gasteiger partial charge < -0.3 is 24.7 Å². The summed E-state index contributed by atoms with van der Waals surface area (Å²) in [5.41, 5.74) is 2.70. The van der Waals surface area contributed by atoms with Gasteiger partial charge >= 0.3 is 6.09 Å². The van der Waals surface area contributed by atoms with Crippen molar-refractivity contribution in [2.45, 2.75) is 79.7 Å². The van der Waals surface area contributed by atoms with Crippen LogP contribution in [0.5, 0.6) is 0 Å². The molecule has 2 N–H and O–H groups in total. The Morgan fingerprint density at radius 2 is 1.44 bits per heavy atom. The molecule has 4 atom stereocenters. The number of carbonyl (C=O) groups excluding carboxylic acids is 4. The molecule has 0 spiro atoms. The van der Waals surface area contributed by atoms with Crippen LogP contribution >= 0.6 is 0 Å². The molecule has 1 unspecified atom stereocenters. The lowest BCUT2D eigenvalue weighted by Crippen LogP contribution is -2.50. The van der Waals surface area contributed by atoms with Crippen LogP contribution in [0.15, 0.2) is 91.1 Å². The minimum Gasteiger partial charge on any atom is -0.445 e. The Kier molecular flexibility index (Phi) is 14.3. The highest BCUT2D eigenvalue weighted by atomic mass is 16.6. The Morgan fingerprint density at radius 1 is 0.854 bits per heavy atom. The van der Waals surface area contributed by atoms with Gasteiger partial charge in [-0.2, -0.15) is 0 Å². The molecule has 1 aliphatic rings. The van der Waals surface area contributed by atoms with Crippen molar-refractivity contribution in [1.29, 1.82) is 0 Å². The minimum absolute atomic E-state index is 0. The number of nitrogens with one attached hydrogen (secondary N) is 2. The number of fused-ring (bicyclic) bond motifs is 1. The van der Waals surface area contributed by atoms with E-state index in [9.17, 15) is 19.2 Å². The van der Waals surface area contributed by atoms with E-state index in [1.54, 1.807) is 13.8 Å². The Balaban J connectivity index is 0.00000267. The summed E-state index contributed by atoms with van der Waals surface area (Å²) in [5, 5.41) is 6.55. The third-order valence-electron chi connectivity index (χ3n) is 8.31. The molecule has 2 heterocycles. The van der Waals surface area contributed by atoms with E-state index >= 15 is 0 Å². The third kappa shape index (κ3) is 9.87. The number of alkyl carbamates (subject to hydrolysis) is 1. The molecule has 9 nitrogen and oxygen atoms in total. The molecule has 1 aromatic heterocycles. The molecule has 3 aromatic carbocycles. The van der Waals surface area contributed by atoms with Gasteiger partial charge in [-0.1, -0.05) is 101 Å². The van der Waals surface area contributed by atoms with E-state index in [0.717, 1.165) is 27.6 Å². The molecule has 4 aromatic rings. The number of para-hydroxylation sites is 1. The monoisotopic (exact) mass is 657 g/mol. The van der Waals surface area contributed by atoms with Gasteiger partial charge in [0.05, 0.1) is 18.7 Å². The highest BCUT2D eigenvalue weighted by Crippen LogP contribution is 2.30. The van der Waals surface area contributed by atoms with Crippen molar-refractivity contribution in [2.75, 3.05) is 6.61 Å². The number of amides is 2. The van der Waals surface area contributed by atoms with E-state index in [1.165, 1.54) is 0 Å². The summed E-state index contributed by atoms with van der Waals surface area (Å²) in [6.45, 7) is 3.67. The Hall–Kier alpha value is -4.76. The summed E-state index contributed by atoms with van der Waals surface area (Å²) >= 11 is 0. The van der Waals surface area contributed by atoms with Gasteiger partial charge in [-0.05, 0) is 49.4 Å². The van der Waals surface area contributed by atoms with Crippen LogP contribution in [0.2, 0.25) is 0 Å². The lowest BCUT2D eigenvalue weighted by Gasteiger charge is -2.24. The summed E-state index contributed by atoms with van der Waals surface area (Å²) in [6.07, 6.45) is 1.66. The molecule has 1 fully saturated rings. The fourth-order valence-corrected chi connectivity index (χ4v) is 5.52. The van der Waals surface area contributed by atoms with Crippen molar-refractivity contribution in [3.63, 3.8) is 0 Å². The number of benzene rings is 3. The number of hydrogen-bond donors (Lipinski definition) is 2. The summed E-state index contributed by atoms with van der Waals surface area (Å²) in [7, 11) is 1.93. The maximum atomic E-state index is 14.0. The van der Waals surface area contributed by atoms with Crippen LogP contribution in [-0.2, 0) is 50.4 Å². The fraction of sp³-hybridized carbons (Fsp3) is 0.385. The van der Waals surface area contributed by atoms with Crippen molar-refractivity contribution in [1.82, 2.24) is 15.2 Å². The van der Waals surface area contributed by atoms with Crippen molar-refractivity contribution in [3.05, 3.63) is 108 Å². The smallest absolute Gasteiger partial charge is 0.408 e. The van der Waals surface area contributed by atoms with Crippen LogP contribution in [0.4, 0.5) is 4.79 Å². The van der Waals surface area contributed by atoms with Crippen LogP contribution < -0.4 is 10.6 Å². The molecular weight excluding hydrogens is 606 g/mol. The number of rotatable bonds is 14. The number of aromatic nitrogens is 1. The number of ether oxygens (including phenoxy) is 2. The van der Waals surface area contributed by atoms with Gasteiger partial charge in [0.1, 0.15) is 12.2 Å². The van der Waals surface area contributed by atoms with Crippen molar-refractivity contribution in [2.24, 2.45) is 13.0 Å². The molecule has 1 aliphatic heterocycles. The second-order valence-electron chi connectivity index (χ2n) is 11.9. The van der Waals surface area contributed by atoms with Crippen molar-refractivity contribution in [3.8, 4) is 0 Å². The first-order valence-corrected chi connectivity index (χ1v) is 15.2. The number of Topliss-reactive ketones (excluding diaryl/α,β-unsaturated/α-hetero) is 2. The van der Waals surface area contributed by atoms with E-state index in [0.29, 0.717) is 13.0 Å². The van der Waals surface area contributed by atoms with E-state index in [2.05, 4.69) is 10.6 Å². The third-order valence-corrected chi connectivity index (χ3v) is 8.31. The Morgan fingerprint density at radius 3 is 2.06 bits per heavy atom. The van der Waals surface area contributed by atoms with E-state index in [1.807, 2.05) is 103 Å². The summed E-state index contributed by atoms with van der Waals surface area (Å²) in [6, 6.07) is 24.9. The first-order valence-electron chi connectivity index (χ1n) is 15.2. The highest BCUT2D eigenvalue weighted by Gasteiger charge is 2.50. The number of ketones is 2. The maximum Gasteiger partial charge on any atom is 0.408 e. The zero-order valence-electron chi connectivity index (χ0n) is 25.8. The van der Waals surface area contributed by atoms with Crippen LogP contribution in [-0.4, -0.2) is 52.4 Å². The summed E-state index contributed by atoms with van der Waals surface area (Å²) in [5.74, 6) is -1.73. The molecule has 48 heavy (non-hydrogen) atoms. The molecule has 0 radical (unpaired) electrons. The number of nitrogens with zero attached hydrogens (tertiary/aromatic N) is 1. The van der Waals surface area contributed by atoms with Gasteiger partial charge in [0.2, 0.25) is 5.91 Å². The maximum absolute atomic E-state index is 14.0. The predicted octanol–water partition coefficient (Wildman–Crippen LogP) is 6.60. The average molecular weight is 658 g/mol. The van der Waals surface area contributed by atoms with Gasteiger partial charge in [0.25, 0.3) is 0 Å². The van der Waals surface area contributed by atoms with E-state index in [4.69, 9.17) is 9.47 Å². The SMILES string of the molecule is C.C.C.C[C@H](NC(=O)OCc1ccccc1)C(=O)C[C@@H](Cc1cn(C)c2ccccc12)C(=O)N[C@@H](Cc1ccccc1)C(=O)C1(C)CO1. The Labute approximate surface area is 285 Å². The summed E-state index contributed by atoms with van der Waals surface area (Å²) < 4.78 is 12.7. The first-order chi connectivity index (χ1) is 21.6. The fourth-order valence-electron chi connectivity index (χ4n) is 5.52. The van der Waals surface area contributed by atoms with Crippen LogP contribution in [0.1, 0.15) is 59.2 Å². The molecule has 5 rings (SSSR count). The van der Waals surface area contributed by atoms with Gasteiger partial charge in [0, 0.05) is 36.5 Å². The van der Waals surface area contributed by atoms with Crippen molar-refractivity contribution < 1.29 is 28.7 Å². The van der Waals surface area contributed by atoms with Gasteiger partial charge in [0.15, 0.2) is 11.6 Å². The zero-order valence-corrected chi connectivity index (χ0v) is 25.8. The largest absolute Gasteiger partial charge is 0.445 e. The molecule has 258 valence electrons. The zero-order chi connectivity index (χ0) is 32.0. The van der Waals surface area contributed by atoms with E-state index < -0.39 is 35.6 Å². The molecule has 9 heteroatoms. The predicted molar refractivity (Wildman–Crippen MR) is 191 cm³/mol. The van der Waals surface area contributed by atoms with Gasteiger partial charge in [-0.15, -0.1) is 0 Å². The molecule has 0 bridgehead atoms. The molecule has 0 aliphatic carbocycles. The topological polar surface area (TPSA) is 119 Å². The first kappa shape index (κ1) is 39.4. The number of aryl methyl sites for hydroxylation is 1. The quantitative estimate of drug-likeness (QED) is 0.148. The van der Waals surface area contributed by atoms with Crippen LogP contribution in [0.25, 0.3) is 10.9 Å². The number of epoxide rings is 1. The normalized spacial score (nSPS) is 16.5. The minimum atomic E-state index is -0.938. The molecule has 1 saturated heterocycles. The average Bonchev–Trinajstić information content (AvgIpc) is 3.73. The summed E-state index contributed by atoms with van der Waals surface area (Å²) in [4.78, 5) is 53.4. The van der Waals surface area contributed by atoms with Crippen LogP contribution in [0.3, 0.4) is 0 Å². The molecular formula is C39H51N3O6. The molecule has 2 amide bonds. The second-order valence-corrected chi connectivity index (χ2v) is 11.9. The standard InChI is InChI=1S/C36H39N3O6.3CH4/c1-24(37-35(43)44-22-26-14-8-5-9-15-26)32(40)20-27(19-28-21-39(3)31-17-11-10-16-29(28)31)34(42)38-30(33(41)36(2)23-45-36)18-25-12-6-4-7-13-25;;;/h4-17,21,24,27,30H,18-20,22-23H2,1-3H3,(H,37,43)(H,38,42);3*1H4/t24-,27+,30-,36?;;;/m0.../s1. The molecule has 0 saturated carbocycles. The van der Waals surface area contributed by atoms with Gasteiger partial charge in [-0.3, -0.25) is 14.4 Å². The van der Waals surface area contributed by atoms with Crippen molar-refractivity contribution >= 4 is 34.5 Å².